The van der Waals surface area contributed by atoms with Crippen LogP contribution >= 0.6 is 0 Å². The van der Waals surface area contributed by atoms with Crippen LogP contribution in [0.25, 0.3) is 0 Å². The van der Waals surface area contributed by atoms with E-state index < -0.39 is 23.5 Å². The fraction of sp³-hybridized carbons (Fsp3) is 0.636. The van der Waals surface area contributed by atoms with Gasteiger partial charge in [0.2, 0.25) is 0 Å². The molecule has 1 amide bonds. The first-order valence-corrected chi connectivity index (χ1v) is 15.1. The summed E-state index contributed by atoms with van der Waals surface area (Å²) in [6, 6.07) is 8.65. The van der Waals surface area contributed by atoms with E-state index in [2.05, 4.69) is 30.4 Å². The summed E-state index contributed by atoms with van der Waals surface area (Å²) in [6.07, 6.45) is 9.68. The first-order valence-electron chi connectivity index (χ1n) is 15.1. The third-order valence-corrected chi connectivity index (χ3v) is 11.2. The number of aliphatic hydroxyl groups is 1. The molecule has 1 unspecified atom stereocenters. The molecule has 8 heteroatoms. The van der Waals surface area contributed by atoms with Crippen molar-refractivity contribution in [2.75, 3.05) is 13.7 Å². The number of nitrogens with zero attached hydrogens (tertiary/aromatic N) is 1. The largest absolute Gasteiger partial charge is 0.467 e. The van der Waals surface area contributed by atoms with Gasteiger partial charge in [0.15, 0.2) is 12.4 Å². The second-order valence-corrected chi connectivity index (χ2v) is 13.1. The summed E-state index contributed by atoms with van der Waals surface area (Å²) < 4.78 is 4.87. The van der Waals surface area contributed by atoms with E-state index in [4.69, 9.17) is 9.57 Å². The maximum Gasteiger partial charge on any atom is 0.328 e. The average Bonchev–Trinajstić information content (AvgIpc) is 3.24. The van der Waals surface area contributed by atoms with Crippen molar-refractivity contribution in [1.82, 2.24) is 5.32 Å². The molecule has 41 heavy (non-hydrogen) atoms. The molecule has 4 aliphatic rings. The van der Waals surface area contributed by atoms with E-state index in [1.165, 1.54) is 12.7 Å². The molecule has 0 aromatic heterocycles. The second-order valence-electron chi connectivity index (χ2n) is 13.1. The maximum atomic E-state index is 12.6. The summed E-state index contributed by atoms with van der Waals surface area (Å²) in [4.78, 5) is 42.8. The van der Waals surface area contributed by atoms with Crippen LogP contribution < -0.4 is 5.32 Å². The molecule has 5 rings (SSSR count). The fourth-order valence-electron chi connectivity index (χ4n) is 8.83. The van der Waals surface area contributed by atoms with Gasteiger partial charge in [-0.15, -0.1) is 0 Å². The highest BCUT2D eigenvalue weighted by Gasteiger charge is 2.65. The van der Waals surface area contributed by atoms with E-state index in [1.54, 1.807) is 6.92 Å². The minimum absolute atomic E-state index is 0.0722. The number of oxime groups is 1. The van der Waals surface area contributed by atoms with Crippen LogP contribution in [-0.2, 0) is 30.4 Å². The van der Waals surface area contributed by atoms with Crippen molar-refractivity contribution in [2.24, 2.45) is 33.7 Å². The standard InChI is InChI=1S/C33H44N2O6/c1-21(36)33(39)17-14-27-25-11-10-23-19-24(12-15-31(23,2)26(25)13-16-32(27,33)3)35-41-20-29(37)34-28(30(38)40-4)18-22-8-6-5-7-9-22/h5-9,19,25-28,39H,10-18,20H2,1-4H3,(H,34,37)/b35-24+/t25-,26+,27+,28?,31+,32+,33+/m1/s1. The summed E-state index contributed by atoms with van der Waals surface area (Å²) in [6.45, 7) is 5.81. The number of nitrogens with one attached hydrogen (secondary N) is 1. The van der Waals surface area contributed by atoms with Crippen LogP contribution in [-0.4, -0.2) is 53.8 Å². The number of rotatable bonds is 8. The molecule has 4 aliphatic carbocycles. The lowest BCUT2D eigenvalue weighted by Gasteiger charge is -2.59. The van der Waals surface area contributed by atoms with Gasteiger partial charge in [-0.3, -0.25) is 9.59 Å². The lowest BCUT2D eigenvalue weighted by molar-refractivity contribution is -0.159. The number of amides is 1. The first kappa shape index (κ1) is 29.5. The third kappa shape index (κ3) is 5.24. The molecule has 1 aromatic carbocycles. The van der Waals surface area contributed by atoms with Gasteiger partial charge in [-0.2, -0.15) is 0 Å². The molecule has 0 aliphatic heterocycles. The molecule has 0 spiro atoms. The zero-order valence-electron chi connectivity index (χ0n) is 24.8. The summed E-state index contributed by atoms with van der Waals surface area (Å²) in [5.41, 5.74) is 1.71. The highest BCUT2D eigenvalue weighted by Crippen LogP contribution is 2.67. The second kappa shape index (κ2) is 11.3. The SMILES string of the molecule is COC(=O)C(Cc1ccccc1)NC(=O)CO/N=C1/C=C2CC[C@@H]3[C@H](CC[C@@]4(C)[C@H]3CC[C@]4(O)C(C)=O)[C@@]2(C)CC1. The molecular formula is C33H44N2O6. The van der Waals surface area contributed by atoms with Gasteiger partial charge < -0.3 is 20.0 Å². The van der Waals surface area contributed by atoms with E-state index in [1.807, 2.05) is 30.3 Å². The van der Waals surface area contributed by atoms with Gasteiger partial charge in [-0.05, 0) is 93.1 Å². The van der Waals surface area contributed by atoms with E-state index in [-0.39, 0.29) is 23.2 Å². The molecule has 0 bridgehead atoms. The van der Waals surface area contributed by atoms with Gasteiger partial charge in [-0.1, -0.05) is 54.9 Å². The third-order valence-electron chi connectivity index (χ3n) is 11.2. The lowest BCUT2D eigenvalue weighted by Crippen LogP contribution is -2.57. The number of carbonyl (C=O) groups is 3. The number of methoxy groups -OCH3 is 1. The van der Waals surface area contributed by atoms with Crippen molar-refractivity contribution in [3.63, 3.8) is 0 Å². The zero-order valence-corrected chi connectivity index (χ0v) is 24.8. The van der Waals surface area contributed by atoms with E-state index in [9.17, 15) is 19.5 Å². The van der Waals surface area contributed by atoms with E-state index in [0.29, 0.717) is 30.6 Å². The summed E-state index contributed by atoms with van der Waals surface area (Å²) >= 11 is 0. The Morgan fingerprint density at radius 3 is 2.49 bits per heavy atom. The highest BCUT2D eigenvalue weighted by atomic mass is 16.6. The Bertz CT molecular complexity index is 1240. The predicted molar refractivity (Wildman–Crippen MR) is 155 cm³/mol. The number of allylic oxidation sites excluding steroid dienone is 2. The van der Waals surface area contributed by atoms with Crippen molar-refractivity contribution < 1.29 is 29.1 Å². The lowest BCUT2D eigenvalue weighted by atomic mass is 9.46. The van der Waals surface area contributed by atoms with Crippen LogP contribution in [0, 0.1) is 28.6 Å². The maximum absolute atomic E-state index is 12.6. The van der Waals surface area contributed by atoms with Crippen molar-refractivity contribution >= 4 is 23.4 Å². The monoisotopic (exact) mass is 564 g/mol. The molecule has 222 valence electrons. The van der Waals surface area contributed by atoms with Crippen LogP contribution in [0.3, 0.4) is 0 Å². The topological polar surface area (TPSA) is 114 Å². The van der Waals surface area contributed by atoms with Gasteiger partial charge >= 0.3 is 5.97 Å². The molecule has 8 nitrogen and oxygen atoms in total. The first-order chi connectivity index (χ1) is 19.5. The Kier molecular flexibility index (Phi) is 8.16. The van der Waals surface area contributed by atoms with Crippen LogP contribution in [0.5, 0.6) is 0 Å². The smallest absolute Gasteiger partial charge is 0.328 e. The van der Waals surface area contributed by atoms with E-state index in [0.717, 1.165) is 56.2 Å². The number of esters is 1. The van der Waals surface area contributed by atoms with Gasteiger partial charge in [-0.25, -0.2) is 4.79 Å². The minimum Gasteiger partial charge on any atom is -0.467 e. The van der Waals surface area contributed by atoms with Crippen LogP contribution in [0.2, 0.25) is 0 Å². The Morgan fingerprint density at radius 1 is 1.05 bits per heavy atom. The van der Waals surface area contributed by atoms with Gasteiger partial charge in [0, 0.05) is 11.8 Å². The normalized spacial score (nSPS) is 35.8. The number of hydrogen-bond donors (Lipinski definition) is 2. The summed E-state index contributed by atoms with van der Waals surface area (Å²) in [5, 5.41) is 18.4. The Balaban J connectivity index is 1.20. The Hall–Kier alpha value is -3.00. The molecule has 0 radical (unpaired) electrons. The number of ketones is 1. The Morgan fingerprint density at radius 2 is 1.78 bits per heavy atom. The molecule has 7 atom stereocenters. The quantitative estimate of drug-likeness (QED) is 0.354. The summed E-state index contributed by atoms with van der Waals surface area (Å²) in [7, 11) is 1.30. The van der Waals surface area contributed by atoms with Crippen LogP contribution in [0.1, 0.15) is 77.7 Å². The number of fused-ring (bicyclic) bond motifs is 5. The molecular weight excluding hydrogens is 520 g/mol. The Labute approximate surface area is 242 Å². The zero-order chi connectivity index (χ0) is 29.4. The van der Waals surface area contributed by atoms with Crippen molar-refractivity contribution in [2.45, 2.75) is 90.2 Å². The molecule has 2 N–H and O–H groups in total. The number of ether oxygens (including phenoxy) is 1. The van der Waals surface area contributed by atoms with Crippen LogP contribution in [0.15, 0.2) is 47.1 Å². The highest BCUT2D eigenvalue weighted by molar-refractivity contribution is 5.96. The molecule has 0 heterocycles. The summed E-state index contributed by atoms with van der Waals surface area (Å²) in [5.74, 6) is 0.409. The van der Waals surface area contributed by atoms with Crippen molar-refractivity contribution in [3.8, 4) is 0 Å². The van der Waals surface area contributed by atoms with Crippen LogP contribution in [0.4, 0.5) is 0 Å². The average molecular weight is 565 g/mol. The fourth-order valence-corrected chi connectivity index (χ4v) is 8.83. The van der Waals surface area contributed by atoms with E-state index >= 15 is 0 Å². The number of hydrogen-bond acceptors (Lipinski definition) is 7. The number of carbonyl (C=O) groups excluding carboxylic acids is 3. The molecule has 1 aromatic rings. The van der Waals surface area contributed by atoms with Gasteiger partial charge in [0.25, 0.3) is 5.91 Å². The minimum atomic E-state index is -1.19. The number of Topliss-reactive ketones (excluding diaryl/α,β-unsaturated/α-hetero) is 1. The van der Waals surface area contributed by atoms with Crippen molar-refractivity contribution in [3.05, 3.63) is 47.5 Å². The molecule has 3 fully saturated rings. The molecule has 3 saturated carbocycles. The van der Waals surface area contributed by atoms with Gasteiger partial charge in [0.1, 0.15) is 11.6 Å². The predicted octanol–water partition coefficient (Wildman–Crippen LogP) is 4.54. The molecule has 0 saturated heterocycles. The van der Waals surface area contributed by atoms with Gasteiger partial charge in [0.05, 0.1) is 12.8 Å². The number of benzene rings is 1. The van der Waals surface area contributed by atoms with Crippen molar-refractivity contribution in [1.29, 1.82) is 0 Å².